The standard InChI is InChI=1S/C20H25N5O3.HI/c1-24(2)19(26)15-23-20(21-13-12-16-6-4-3-5-7-16)22-14-17-8-10-18(11-9-17)25(27)28;/h3-11H,12-15H2,1-2H3,(H2,21,22,23);1H. The van der Waals surface area contributed by atoms with Gasteiger partial charge < -0.3 is 15.5 Å². The lowest BCUT2D eigenvalue weighted by Gasteiger charge is -2.15. The van der Waals surface area contributed by atoms with Crippen molar-refractivity contribution in [3.05, 3.63) is 75.8 Å². The summed E-state index contributed by atoms with van der Waals surface area (Å²) in [4.78, 5) is 28.1. The zero-order valence-electron chi connectivity index (χ0n) is 16.5. The number of carbonyl (C=O) groups is 1. The van der Waals surface area contributed by atoms with Gasteiger partial charge in [0, 0.05) is 32.8 Å². The first-order valence-corrected chi connectivity index (χ1v) is 8.95. The highest BCUT2D eigenvalue weighted by molar-refractivity contribution is 14.0. The van der Waals surface area contributed by atoms with Gasteiger partial charge in [0.1, 0.15) is 0 Å². The van der Waals surface area contributed by atoms with Crippen LogP contribution in [0, 0.1) is 10.1 Å². The number of hydrogen-bond donors (Lipinski definition) is 2. The molecule has 2 aromatic carbocycles. The highest BCUT2D eigenvalue weighted by Gasteiger charge is 2.07. The number of rotatable bonds is 8. The molecule has 0 aliphatic rings. The van der Waals surface area contributed by atoms with E-state index in [9.17, 15) is 14.9 Å². The summed E-state index contributed by atoms with van der Waals surface area (Å²) in [5.41, 5.74) is 2.09. The number of nitrogens with one attached hydrogen (secondary N) is 2. The Hall–Kier alpha value is -2.69. The van der Waals surface area contributed by atoms with Gasteiger partial charge in [-0.2, -0.15) is 0 Å². The lowest BCUT2D eigenvalue weighted by molar-refractivity contribution is -0.384. The number of guanidine groups is 1. The number of benzene rings is 2. The van der Waals surface area contributed by atoms with Crippen LogP contribution in [0.3, 0.4) is 0 Å². The second kappa shape index (κ2) is 12.7. The molecule has 1 amide bonds. The number of amides is 1. The number of nitro groups is 1. The average Bonchev–Trinajstić information content (AvgIpc) is 2.70. The van der Waals surface area contributed by atoms with Crippen molar-refractivity contribution in [2.24, 2.45) is 4.99 Å². The molecule has 9 heteroatoms. The number of aliphatic imine (C=N–C) groups is 1. The third kappa shape index (κ3) is 8.90. The molecule has 0 unspecified atom stereocenters. The second-order valence-corrected chi connectivity index (χ2v) is 6.39. The predicted molar refractivity (Wildman–Crippen MR) is 124 cm³/mol. The maximum atomic E-state index is 11.8. The van der Waals surface area contributed by atoms with E-state index >= 15 is 0 Å². The van der Waals surface area contributed by atoms with Gasteiger partial charge in [-0.1, -0.05) is 42.5 Å². The molecule has 0 spiro atoms. The van der Waals surface area contributed by atoms with Gasteiger partial charge in [0.2, 0.25) is 5.91 Å². The Labute approximate surface area is 187 Å². The number of nitro benzene ring substituents is 1. The van der Waals surface area contributed by atoms with Gasteiger partial charge in [0.05, 0.1) is 18.0 Å². The number of nitrogens with zero attached hydrogens (tertiary/aromatic N) is 3. The average molecular weight is 511 g/mol. The van der Waals surface area contributed by atoms with Gasteiger partial charge in [-0.05, 0) is 17.5 Å². The minimum atomic E-state index is -0.433. The highest BCUT2D eigenvalue weighted by atomic mass is 127. The van der Waals surface area contributed by atoms with Gasteiger partial charge in [0.25, 0.3) is 5.69 Å². The molecule has 2 N–H and O–H groups in total. The van der Waals surface area contributed by atoms with E-state index in [1.165, 1.54) is 22.6 Å². The van der Waals surface area contributed by atoms with Crippen LogP contribution in [0.25, 0.3) is 0 Å². The fourth-order valence-corrected chi connectivity index (χ4v) is 2.36. The van der Waals surface area contributed by atoms with Gasteiger partial charge in [0.15, 0.2) is 5.96 Å². The molecule has 0 aromatic heterocycles. The maximum Gasteiger partial charge on any atom is 0.269 e. The van der Waals surface area contributed by atoms with Gasteiger partial charge in [-0.3, -0.25) is 14.9 Å². The van der Waals surface area contributed by atoms with Crippen LogP contribution in [0.2, 0.25) is 0 Å². The maximum absolute atomic E-state index is 11.8. The molecular formula is C20H26IN5O3. The molecule has 0 aliphatic heterocycles. The molecule has 8 nitrogen and oxygen atoms in total. The molecule has 156 valence electrons. The smallest absolute Gasteiger partial charge is 0.269 e. The largest absolute Gasteiger partial charge is 0.356 e. The summed E-state index contributed by atoms with van der Waals surface area (Å²) in [6.07, 6.45) is 0.820. The summed E-state index contributed by atoms with van der Waals surface area (Å²) in [6.45, 7) is 1.13. The molecule has 0 aliphatic carbocycles. The highest BCUT2D eigenvalue weighted by Crippen LogP contribution is 2.12. The molecule has 0 fully saturated rings. The minimum Gasteiger partial charge on any atom is -0.356 e. The molecule has 0 radical (unpaired) electrons. The van der Waals surface area contributed by atoms with Crippen LogP contribution in [-0.4, -0.2) is 48.9 Å². The Kier molecular flexibility index (Phi) is 10.7. The molecule has 29 heavy (non-hydrogen) atoms. The van der Waals surface area contributed by atoms with Crippen molar-refractivity contribution in [2.75, 3.05) is 27.2 Å². The Morgan fingerprint density at radius 2 is 1.69 bits per heavy atom. The molecule has 0 heterocycles. The number of likely N-dealkylation sites (N-methyl/N-ethyl adjacent to an activating group) is 1. The van der Waals surface area contributed by atoms with Crippen molar-refractivity contribution >= 4 is 41.5 Å². The Morgan fingerprint density at radius 3 is 2.28 bits per heavy atom. The van der Waals surface area contributed by atoms with E-state index in [0.717, 1.165) is 12.0 Å². The molecular weight excluding hydrogens is 485 g/mol. The van der Waals surface area contributed by atoms with Gasteiger partial charge in [-0.15, -0.1) is 24.0 Å². The molecule has 2 aromatic rings. The van der Waals surface area contributed by atoms with E-state index in [1.54, 1.807) is 26.2 Å². The number of non-ortho nitro benzene ring substituents is 1. The van der Waals surface area contributed by atoms with E-state index in [4.69, 9.17) is 0 Å². The molecule has 0 bridgehead atoms. The van der Waals surface area contributed by atoms with Crippen LogP contribution < -0.4 is 10.6 Å². The first kappa shape index (κ1) is 24.3. The Morgan fingerprint density at radius 1 is 1.03 bits per heavy atom. The number of halogens is 1. The molecule has 2 rings (SSSR count). The molecule has 0 atom stereocenters. The monoisotopic (exact) mass is 511 g/mol. The normalized spacial score (nSPS) is 10.6. The van der Waals surface area contributed by atoms with Crippen LogP contribution in [0.1, 0.15) is 11.1 Å². The third-order valence-electron chi connectivity index (χ3n) is 4.02. The minimum absolute atomic E-state index is 0. The summed E-state index contributed by atoms with van der Waals surface area (Å²) < 4.78 is 0. The van der Waals surface area contributed by atoms with E-state index in [1.807, 2.05) is 18.2 Å². The van der Waals surface area contributed by atoms with Crippen molar-refractivity contribution < 1.29 is 9.72 Å². The summed E-state index contributed by atoms with van der Waals surface area (Å²) in [6, 6.07) is 16.3. The first-order chi connectivity index (χ1) is 13.5. The second-order valence-electron chi connectivity index (χ2n) is 6.39. The summed E-state index contributed by atoms with van der Waals surface area (Å²) >= 11 is 0. The topological polar surface area (TPSA) is 99.9 Å². The third-order valence-corrected chi connectivity index (χ3v) is 4.02. The van der Waals surface area contributed by atoms with Crippen molar-refractivity contribution in [1.82, 2.24) is 15.5 Å². The zero-order chi connectivity index (χ0) is 20.4. The summed E-state index contributed by atoms with van der Waals surface area (Å²) in [5, 5.41) is 17.0. The fraction of sp³-hybridized carbons (Fsp3) is 0.300. The quantitative estimate of drug-likeness (QED) is 0.187. The van der Waals surface area contributed by atoms with E-state index in [-0.39, 0.29) is 42.1 Å². The Balaban J connectivity index is 0.00000420. The predicted octanol–water partition coefficient (Wildman–Crippen LogP) is 2.58. The van der Waals surface area contributed by atoms with Crippen LogP contribution in [0.15, 0.2) is 59.6 Å². The van der Waals surface area contributed by atoms with E-state index < -0.39 is 4.92 Å². The van der Waals surface area contributed by atoms with Crippen molar-refractivity contribution in [3.63, 3.8) is 0 Å². The lowest BCUT2D eigenvalue weighted by atomic mass is 10.1. The van der Waals surface area contributed by atoms with Gasteiger partial charge in [-0.25, -0.2) is 4.99 Å². The summed E-state index contributed by atoms with van der Waals surface area (Å²) in [5.74, 6) is 0.456. The molecule has 0 saturated heterocycles. The van der Waals surface area contributed by atoms with Crippen molar-refractivity contribution in [3.8, 4) is 0 Å². The summed E-state index contributed by atoms with van der Waals surface area (Å²) in [7, 11) is 3.39. The van der Waals surface area contributed by atoms with Crippen molar-refractivity contribution in [2.45, 2.75) is 13.0 Å². The first-order valence-electron chi connectivity index (χ1n) is 8.95. The SMILES string of the molecule is CN(C)C(=O)CNC(=NCc1ccc([N+](=O)[O-])cc1)NCCc1ccccc1.I. The van der Waals surface area contributed by atoms with Crippen LogP contribution in [-0.2, 0) is 17.8 Å². The fourth-order valence-electron chi connectivity index (χ4n) is 2.36. The van der Waals surface area contributed by atoms with Crippen molar-refractivity contribution in [1.29, 1.82) is 0 Å². The molecule has 0 saturated carbocycles. The van der Waals surface area contributed by atoms with Crippen LogP contribution in [0.4, 0.5) is 5.69 Å². The number of hydrogen-bond acceptors (Lipinski definition) is 4. The van der Waals surface area contributed by atoms with E-state index in [0.29, 0.717) is 19.0 Å². The zero-order valence-corrected chi connectivity index (χ0v) is 18.8. The van der Waals surface area contributed by atoms with Gasteiger partial charge >= 0.3 is 0 Å². The Bertz CT molecular complexity index is 811. The lowest BCUT2D eigenvalue weighted by Crippen LogP contribution is -2.43. The van der Waals surface area contributed by atoms with Crippen LogP contribution in [0.5, 0.6) is 0 Å². The number of carbonyl (C=O) groups excluding carboxylic acids is 1. The van der Waals surface area contributed by atoms with Crippen LogP contribution >= 0.6 is 24.0 Å². The van der Waals surface area contributed by atoms with E-state index in [2.05, 4.69) is 27.8 Å².